The zero-order valence-corrected chi connectivity index (χ0v) is 12.1. The van der Waals surface area contributed by atoms with Crippen molar-refractivity contribution in [3.63, 3.8) is 0 Å². The van der Waals surface area contributed by atoms with E-state index < -0.39 is 0 Å². The highest BCUT2D eigenvalue weighted by Gasteiger charge is 2.05. The van der Waals surface area contributed by atoms with Crippen LogP contribution in [-0.4, -0.2) is 19.2 Å². The first-order valence-corrected chi connectivity index (χ1v) is 6.71. The van der Waals surface area contributed by atoms with Gasteiger partial charge in [-0.25, -0.2) is 0 Å². The lowest BCUT2D eigenvalue weighted by molar-refractivity contribution is 0.304. The van der Waals surface area contributed by atoms with Crippen molar-refractivity contribution in [1.82, 2.24) is 4.98 Å². The fourth-order valence-corrected chi connectivity index (χ4v) is 2.26. The van der Waals surface area contributed by atoms with E-state index in [9.17, 15) is 0 Å². The normalized spacial score (nSPS) is 10.6. The number of hydrogen-bond donors (Lipinski definition) is 1. The molecule has 0 unspecified atom stereocenters. The van der Waals surface area contributed by atoms with Gasteiger partial charge in [0.15, 0.2) is 11.5 Å². The predicted octanol–water partition coefficient (Wildman–Crippen LogP) is 3.76. The van der Waals surface area contributed by atoms with Crippen molar-refractivity contribution in [2.45, 2.75) is 6.61 Å². The third-order valence-corrected chi connectivity index (χ3v) is 3.38. The van der Waals surface area contributed by atoms with Crippen molar-refractivity contribution in [1.29, 1.82) is 0 Å². The lowest BCUT2D eigenvalue weighted by Gasteiger charge is -2.10. The van der Waals surface area contributed by atoms with Crippen molar-refractivity contribution in [3.8, 4) is 17.2 Å². The number of aromatic amines is 1. The third-order valence-electron chi connectivity index (χ3n) is 3.38. The summed E-state index contributed by atoms with van der Waals surface area (Å²) in [6.45, 7) is 0.482. The number of aromatic nitrogens is 1. The molecule has 0 spiro atoms. The second-order valence-corrected chi connectivity index (χ2v) is 4.70. The minimum Gasteiger partial charge on any atom is -0.493 e. The molecular weight excluding hydrogens is 266 g/mol. The van der Waals surface area contributed by atoms with Gasteiger partial charge < -0.3 is 19.2 Å². The van der Waals surface area contributed by atoms with Crippen LogP contribution in [0, 0.1) is 0 Å². The standard InChI is InChI=1S/C17H17NO3/c1-19-16-6-3-12(9-17(16)20-2)11-21-14-4-5-15-13(10-14)7-8-18-15/h3-10,18H,11H2,1-2H3. The van der Waals surface area contributed by atoms with E-state index in [0.717, 1.165) is 28.0 Å². The molecule has 0 aliphatic heterocycles. The second kappa shape index (κ2) is 5.79. The first-order chi connectivity index (χ1) is 10.3. The van der Waals surface area contributed by atoms with Gasteiger partial charge in [0.05, 0.1) is 14.2 Å². The molecular formula is C17H17NO3. The van der Waals surface area contributed by atoms with Gasteiger partial charge in [-0.3, -0.25) is 0 Å². The lowest BCUT2D eigenvalue weighted by atomic mass is 10.2. The number of methoxy groups -OCH3 is 2. The Kier molecular flexibility index (Phi) is 3.69. The smallest absolute Gasteiger partial charge is 0.161 e. The first kappa shape index (κ1) is 13.4. The fraction of sp³-hybridized carbons (Fsp3) is 0.176. The fourth-order valence-electron chi connectivity index (χ4n) is 2.26. The molecule has 0 saturated heterocycles. The van der Waals surface area contributed by atoms with E-state index in [4.69, 9.17) is 14.2 Å². The number of hydrogen-bond acceptors (Lipinski definition) is 3. The van der Waals surface area contributed by atoms with E-state index in [1.165, 1.54) is 0 Å². The van der Waals surface area contributed by atoms with Crippen molar-refractivity contribution >= 4 is 10.9 Å². The molecule has 3 rings (SSSR count). The summed E-state index contributed by atoms with van der Waals surface area (Å²) in [6.07, 6.45) is 1.92. The number of rotatable bonds is 5. The van der Waals surface area contributed by atoms with Crippen LogP contribution in [0.3, 0.4) is 0 Å². The van der Waals surface area contributed by atoms with Crippen LogP contribution in [0.5, 0.6) is 17.2 Å². The molecule has 0 saturated carbocycles. The van der Waals surface area contributed by atoms with Gasteiger partial charge in [-0.15, -0.1) is 0 Å². The number of H-pyrrole nitrogens is 1. The van der Waals surface area contributed by atoms with Crippen LogP contribution in [0.2, 0.25) is 0 Å². The Morgan fingerprint density at radius 1 is 0.905 bits per heavy atom. The van der Waals surface area contributed by atoms with Crippen molar-refractivity contribution in [2.75, 3.05) is 14.2 Å². The molecule has 21 heavy (non-hydrogen) atoms. The van der Waals surface area contributed by atoms with Crippen LogP contribution in [0.4, 0.5) is 0 Å². The largest absolute Gasteiger partial charge is 0.493 e. The van der Waals surface area contributed by atoms with Crippen LogP contribution >= 0.6 is 0 Å². The maximum Gasteiger partial charge on any atom is 0.161 e. The maximum absolute atomic E-state index is 5.83. The molecule has 108 valence electrons. The summed E-state index contributed by atoms with van der Waals surface area (Å²) in [5.74, 6) is 2.27. The van der Waals surface area contributed by atoms with Gasteiger partial charge in [0.1, 0.15) is 12.4 Å². The highest BCUT2D eigenvalue weighted by atomic mass is 16.5. The van der Waals surface area contributed by atoms with Crippen LogP contribution in [0.1, 0.15) is 5.56 Å². The second-order valence-electron chi connectivity index (χ2n) is 4.70. The summed E-state index contributed by atoms with van der Waals surface area (Å²) >= 11 is 0. The summed E-state index contributed by atoms with van der Waals surface area (Å²) in [4.78, 5) is 3.16. The van der Waals surface area contributed by atoms with Gasteiger partial charge in [-0.1, -0.05) is 6.07 Å². The van der Waals surface area contributed by atoms with Crippen molar-refractivity contribution in [2.24, 2.45) is 0 Å². The Labute approximate surface area is 123 Å². The Balaban J connectivity index is 1.74. The molecule has 0 fully saturated rings. The molecule has 1 N–H and O–H groups in total. The molecule has 4 nitrogen and oxygen atoms in total. The number of benzene rings is 2. The number of ether oxygens (including phenoxy) is 3. The molecule has 1 aromatic heterocycles. The minimum absolute atomic E-state index is 0.482. The molecule has 2 aromatic carbocycles. The summed E-state index contributed by atoms with van der Waals surface area (Å²) in [5.41, 5.74) is 2.13. The SMILES string of the molecule is COc1ccc(COc2ccc3[nH]ccc3c2)cc1OC. The van der Waals surface area contributed by atoms with Gasteiger partial charge in [0.2, 0.25) is 0 Å². The first-order valence-electron chi connectivity index (χ1n) is 6.71. The van der Waals surface area contributed by atoms with E-state index in [2.05, 4.69) is 4.98 Å². The molecule has 4 heteroatoms. The van der Waals surface area contributed by atoms with Crippen molar-refractivity contribution in [3.05, 3.63) is 54.2 Å². The van der Waals surface area contributed by atoms with Crippen LogP contribution in [0.15, 0.2) is 48.7 Å². The molecule has 0 atom stereocenters. The molecule has 0 amide bonds. The third kappa shape index (κ3) is 2.79. The maximum atomic E-state index is 5.83. The molecule has 1 heterocycles. The van der Waals surface area contributed by atoms with E-state index >= 15 is 0 Å². The van der Waals surface area contributed by atoms with Crippen LogP contribution in [-0.2, 0) is 6.61 Å². The highest BCUT2D eigenvalue weighted by Crippen LogP contribution is 2.28. The highest BCUT2D eigenvalue weighted by molar-refractivity contribution is 5.80. The minimum atomic E-state index is 0.482. The van der Waals surface area contributed by atoms with Crippen LogP contribution in [0.25, 0.3) is 10.9 Å². The average molecular weight is 283 g/mol. The zero-order valence-electron chi connectivity index (χ0n) is 12.1. The molecule has 3 aromatic rings. The Hall–Kier alpha value is -2.62. The van der Waals surface area contributed by atoms with Gasteiger partial charge in [-0.2, -0.15) is 0 Å². The molecule has 0 radical (unpaired) electrons. The summed E-state index contributed by atoms with van der Waals surface area (Å²) in [5, 5.41) is 1.14. The van der Waals surface area contributed by atoms with E-state index in [0.29, 0.717) is 12.4 Å². The Morgan fingerprint density at radius 2 is 1.76 bits per heavy atom. The van der Waals surface area contributed by atoms with Gasteiger partial charge in [0, 0.05) is 17.1 Å². The van der Waals surface area contributed by atoms with E-state index in [1.807, 2.05) is 48.7 Å². The van der Waals surface area contributed by atoms with Gasteiger partial charge >= 0.3 is 0 Å². The number of fused-ring (bicyclic) bond motifs is 1. The molecule has 0 bridgehead atoms. The monoisotopic (exact) mass is 283 g/mol. The summed E-state index contributed by atoms with van der Waals surface area (Å²) in [6, 6.07) is 13.8. The lowest BCUT2D eigenvalue weighted by Crippen LogP contribution is -1.97. The van der Waals surface area contributed by atoms with Gasteiger partial charge in [-0.05, 0) is 42.0 Å². The van der Waals surface area contributed by atoms with Crippen LogP contribution < -0.4 is 14.2 Å². The quantitative estimate of drug-likeness (QED) is 0.775. The molecule has 0 aliphatic carbocycles. The number of nitrogens with one attached hydrogen (secondary N) is 1. The zero-order chi connectivity index (χ0) is 14.7. The van der Waals surface area contributed by atoms with E-state index in [-0.39, 0.29) is 0 Å². The van der Waals surface area contributed by atoms with E-state index in [1.54, 1.807) is 14.2 Å². The van der Waals surface area contributed by atoms with Gasteiger partial charge in [0.25, 0.3) is 0 Å². The topological polar surface area (TPSA) is 43.5 Å². The Morgan fingerprint density at radius 3 is 2.57 bits per heavy atom. The average Bonchev–Trinajstić information content (AvgIpc) is 3.00. The summed E-state index contributed by atoms with van der Waals surface area (Å²) in [7, 11) is 3.25. The predicted molar refractivity (Wildman–Crippen MR) is 82.2 cm³/mol. The summed E-state index contributed by atoms with van der Waals surface area (Å²) < 4.78 is 16.3. The molecule has 0 aliphatic rings. The Bertz CT molecular complexity index is 749. The van der Waals surface area contributed by atoms with Crippen molar-refractivity contribution < 1.29 is 14.2 Å².